The number of benzene rings is 1. The molecule has 1 saturated heterocycles. The fraction of sp³-hybridized carbons (Fsp3) is 0.455. The van der Waals surface area contributed by atoms with Crippen molar-refractivity contribution in [3.8, 4) is 0 Å². The van der Waals surface area contributed by atoms with Gasteiger partial charge in [-0.1, -0.05) is 18.2 Å². The first-order chi connectivity index (χ1) is 15.7. The maximum Gasteiger partial charge on any atom is 0.328 e. The molecule has 2 heterocycles. The van der Waals surface area contributed by atoms with Crippen molar-refractivity contribution in [2.45, 2.75) is 50.4 Å². The SMILES string of the molecule is CC(O)C(NC(=O)CNC(=O)C1CCCN1C(=O)C(N)Cc1c[nH]c2ccccc12)C(=O)O. The second-order valence-corrected chi connectivity index (χ2v) is 8.20. The Balaban J connectivity index is 1.56. The maximum atomic E-state index is 13.0. The van der Waals surface area contributed by atoms with E-state index in [1.54, 1.807) is 0 Å². The number of hydrogen-bond donors (Lipinski definition) is 6. The molecular formula is C22H29N5O6. The summed E-state index contributed by atoms with van der Waals surface area (Å²) >= 11 is 0. The number of carbonyl (C=O) groups excluding carboxylic acids is 3. The summed E-state index contributed by atoms with van der Waals surface area (Å²) in [5.41, 5.74) is 8.06. The highest BCUT2D eigenvalue weighted by molar-refractivity contribution is 5.93. The number of amides is 3. The van der Waals surface area contributed by atoms with E-state index >= 15 is 0 Å². The third kappa shape index (κ3) is 5.68. The largest absolute Gasteiger partial charge is 0.480 e. The Morgan fingerprint density at radius 3 is 2.70 bits per heavy atom. The van der Waals surface area contributed by atoms with Gasteiger partial charge in [-0.3, -0.25) is 14.4 Å². The van der Waals surface area contributed by atoms with Crippen LogP contribution < -0.4 is 16.4 Å². The molecule has 7 N–H and O–H groups in total. The molecule has 0 saturated carbocycles. The highest BCUT2D eigenvalue weighted by Crippen LogP contribution is 2.22. The maximum absolute atomic E-state index is 13.0. The molecule has 11 heteroatoms. The zero-order valence-electron chi connectivity index (χ0n) is 18.3. The van der Waals surface area contributed by atoms with Gasteiger partial charge in [-0.2, -0.15) is 0 Å². The zero-order chi connectivity index (χ0) is 24.1. The van der Waals surface area contributed by atoms with Gasteiger partial charge < -0.3 is 36.5 Å². The molecule has 1 fully saturated rings. The highest BCUT2D eigenvalue weighted by Gasteiger charge is 2.36. The van der Waals surface area contributed by atoms with Gasteiger partial charge in [0.1, 0.15) is 6.04 Å². The van der Waals surface area contributed by atoms with Crippen molar-refractivity contribution in [3.05, 3.63) is 36.0 Å². The van der Waals surface area contributed by atoms with Gasteiger partial charge in [0.15, 0.2) is 6.04 Å². The number of aromatic amines is 1. The number of fused-ring (bicyclic) bond motifs is 1. The molecular weight excluding hydrogens is 430 g/mol. The summed E-state index contributed by atoms with van der Waals surface area (Å²) in [7, 11) is 0. The number of H-pyrrole nitrogens is 1. The predicted molar refractivity (Wildman–Crippen MR) is 119 cm³/mol. The Labute approximate surface area is 190 Å². The molecule has 4 unspecified atom stereocenters. The number of nitrogens with two attached hydrogens (primary N) is 1. The smallest absolute Gasteiger partial charge is 0.328 e. The van der Waals surface area contributed by atoms with Crippen LogP contribution in [0.5, 0.6) is 0 Å². The van der Waals surface area contributed by atoms with Crippen LogP contribution in [0.15, 0.2) is 30.5 Å². The summed E-state index contributed by atoms with van der Waals surface area (Å²) in [5, 5.41) is 24.0. The van der Waals surface area contributed by atoms with E-state index in [4.69, 9.17) is 10.8 Å². The number of carboxylic acid groups (broad SMARTS) is 1. The fourth-order valence-corrected chi connectivity index (χ4v) is 4.04. The number of carboxylic acids is 1. The Morgan fingerprint density at radius 1 is 1.27 bits per heavy atom. The monoisotopic (exact) mass is 459 g/mol. The summed E-state index contributed by atoms with van der Waals surface area (Å²) in [4.78, 5) is 53.3. The van der Waals surface area contributed by atoms with E-state index < -0.39 is 48.6 Å². The molecule has 3 amide bonds. The standard InChI is InChI=1S/C22H29N5O6/c1-12(28)19(22(32)33)26-18(29)11-25-20(30)17-7-4-8-27(17)21(31)15(23)9-13-10-24-16-6-3-2-5-14(13)16/h2-3,5-6,10,12,15,17,19,24,28H,4,7-9,11,23H2,1H3,(H,25,30)(H,26,29)(H,32,33). The van der Waals surface area contributed by atoms with E-state index in [1.165, 1.54) is 11.8 Å². The normalized spacial score (nSPS) is 18.5. The molecule has 0 bridgehead atoms. The van der Waals surface area contributed by atoms with E-state index in [2.05, 4.69) is 15.6 Å². The lowest BCUT2D eigenvalue weighted by molar-refractivity contribution is -0.144. The number of aliphatic carboxylic acids is 1. The molecule has 0 aliphatic carbocycles. The molecule has 1 aromatic carbocycles. The number of aromatic nitrogens is 1. The molecule has 3 rings (SSSR count). The molecule has 0 radical (unpaired) electrons. The highest BCUT2D eigenvalue weighted by atomic mass is 16.4. The molecule has 2 aromatic rings. The molecule has 1 aliphatic rings. The molecule has 178 valence electrons. The molecule has 1 aliphatic heterocycles. The van der Waals surface area contributed by atoms with E-state index in [1.807, 2.05) is 30.5 Å². The van der Waals surface area contributed by atoms with Gasteiger partial charge in [0.25, 0.3) is 0 Å². The molecule has 4 atom stereocenters. The number of aliphatic hydroxyl groups excluding tert-OH is 1. The topological polar surface area (TPSA) is 178 Å². The van der Waals surface area contributed by atoms with Crippen LogP contribution >= 0.6 is 0 Å². The van der Waals surface area contributed by atoms with Gasteiger partial charge in [-0.25, -0.2) is 4.79 Å². The van der Waals surface area contributed by atoms with E-state index in [-0.39, 0.29) is 5.91 Å². The van der Waals surface area contributed by atoms with Crippen molar-refractivity contribution in [2.75, 3.05) is 13.1 Å². The number of aliphatic hydroxyl groups is 1. The molecule has 1 aromatic heterocycles. The number of nitrogens with one attached hydrogen (secondary N) is 3. The van der Waals surface area contributed by atoms with Crippen LogP contribution in [-0.2, 0) is 25.6 Å². The Morgan fingerprint density at radius 2 is 2.00 bits per heavy atom. The number of rotatable bonds is 9. The van der Waals surface area contributed by atoms with E-state index in [0.717, 1.165) is 16.5 Å². The summed E-state index contributed by atoms with van der Waals surface area (Å²) < 4.78 is 0. The van der Waals surface area contributed by atoms with Crippen molar-refractivity contribution in [1.29, 1.82) is 0 Å². The van der Waals surface area contributed by atoms with Crippen LogP contribution in [0.1, 0.15) is 25.3 Å². The number of likely N-dealkylation sites (tertiary alicyclic amines) is 1. The van der Waals surface area contributed by atoms with Crippen molar-refractivity contribution in [3.63, 3.8) is 0 Å². The Hall–Kier alpha value is -3.44. The first-order valence-corrected chi connectivity index (χ1v) is 10.8. The first kappa shape index (κ1) is 24.2. The van der Waals surface area contributed by atoms with Gasteiger partial charge in [0.05, 0.1) is 18.7 Å². The van der Waals surface area contributed by atoms with Crippen LogP contribution in [0.4, 0.5) is 0 Å². The van der Waals surface area contributed by atoms with Crippen molar-refractivity contribution >= 4 is 34.6 Å². The predicted octanol–water partition coefficient (Wildman–Crippen LogP) is -0.905. The number of para-hydroxylation sites is 1. The molecule has 11 nitrogen and oxygen atoms in total. The lowest BCUT2D eigenvalue weighted by Gasteiger charge is -2.26. The quantitative estimate of drug-likeness (QED) is 0.281. The second kappa shape index (κ2) is 10.5. The van der Waals surface area contributed by atoms with Crippen molar-refractivity contribution in [1.82, 2.24) is 20.5 Å². The third-order valence-electron chi connectivity index (χ3n) is 5.76. The van der Waals surface area contributed by atoms with Crippen LogP contribution in [0.25, 0.3) is 10.9 Å². The zero-order valence-corrected chi connectivity index (χ0v) is 18.3. The van der Waals surface area contributed by atoms with Crippen LogP contribution in [0.2, 0.25) is 0 Å². The van der Waals surface area contributed by atoms with Crippen LogP contribution in [0, 0.1) is 0 Å². The lowest BCUT2D eigenvalue weighted by atomic mass is 10.0. The number of nitrogens with zero attached hydrogens (tertiary/aromatic N) is 1. The van der Waals surface area contributed by atoms with Crippen molar-refractivity contribution in [2.24, 2.45) is 5.73 Å². The average Bonchev–Trinajstić information content (AvgIpc) is 3.42. The minimum atomic E-state index is -1.48. The molecule has 33 heavy (non-hydrogen) atoms. The van der Waals surface area contributed by atoms with Crippen LogP contribution in [0.3, 0.4) is 0 Å². The van der Waals surface area contributed by atoms with Gasteiger partial charge >= 0.3 is 5.97 Å². The summed E-state index contributed by atoms with van der Waals surface area (Å²) in [6, 6.07) is 4.62. The third-order valence-corrected chi connectivity index (χ3v) is 5.76. The lowest BCUT2D eigenvalue weighted by Crippen LogP contribution is -2.54. The summed E-state index contributed by atoms with van der Waals surface area (Å²) in [5.74, 6) is -3.01. The summed E-state index contributed by atoms with van der Waals surface area (Å²) in [6.07, 6.45) is 1.89. The van der Waals surface area contributed by atoms with E-state index in [9.17, 15) is 24.3 Å². The fourth-order valence-electron chi connectivity index (χ4n) is 4.04. The average molecular weight is 460 g/mol. The summed E-state index contributed by atoms with van der Waals surface area (Å²) in [6.45, 7) is 1.14. The Kier molecular flexibility index (Phi) is 7.67. The van der Waals surface area contributed by atoms with Gasteiger partial charge in [0.2, 0.25) is 17.7 Å². The minimum Gasteiger partial charge on any atom is -0.480 e. The van der Waals surface area contributed by atoms with Gasteiger partial charge in [0, 0.05) is 23.6 Å². The van der Waals surface area contributed by atoms with E-state index in [0.29, 0.717) is 25.8 Å². The van der Waals surface area contributed by atoms with Crippen LogP contribution in [-0.4, -0.2) is 81.1 Å². The molecule has 0 spiro atoms. The minimum absolute atomic E-state index is 0.312. The number of hydrogen-bond acceptors (Lipinski definition) is 6. The second-order valence-electron chi connectivity index (χ2n) is 8.20. The van der Waals surface area contributed by atoms with Gasteiger partial charge in [-0.15, -0.1) is 0 Å². The Bertz CT molecular complexity index is 1040. The van der Waals surface area contributed by atoms with Crippen molar-refractivity contribution < 1.29 is 29.4 Å². The first-order valence-electron chi connectivity index (χ1n) is 10.8. The number of carbonyl (C=O) groups is 4. The van der Waals surface area contributed by atoms with Gasteiger partial charge in [-0.05, 0) is 37.8 Å².